The van der Waals surface area contributed by atoms with Crippen LogP contribution < -0.4 is 10.1 Å². The molecule has 7 nitrogen and oxygen atoms in total. The summed E-state index contributed by atoms with van der Waals surface area (Å²) in [6.45, 7) is 2.46. The Morgan fingerprint density at radius 3 is 2.32 bits per heavy atom. The standard InChI is InChI=1S/C27H23F2NO6S/c1-16(31)24(30-17(2)32)15-37-27(34)36-25-11-8-19(21-10-9-20(28)13-23(21)29)12-22(25)26(33)35-14-18-6-4-3-5-7-18/h3-13,24H,14-15H2,1-2H3,(H,30,32)/t24-/m0/s1. The molecule has 0 heterocycles. The quantitative estimate of drug-likeness (QED) is 0.376. The normalized spacial score (nSPS) is 11.4. The van der Waals surface area contributed by atoms with Crippen molar-refractivity contribution in [2.24, 2.45) is 0 Å². The Morgan fingerprint density at radius 1 is 0.946 bits per heavy atom. The van der Waals surface area contributed by atoms with Crippen molar-refractivity contribution < 1.29 is 37.4 Å². The maximum Gasteiger partial charge on any atom is 0.372 e. The van der Waals surface area contributed by atoms with Gasteiger partial charge in [-0.2, -0.15) is 0 Å². The largest absolute Gasteiger partial charge is 0.457 e. The minimum absolute atomic E-state index is 0.0327. The Bertz CT molecular complexity index is 1320. The predicted molar refractivity (Wildman–Crippen MR) is 134 cm³/mol. The number of ketones is 1. The van der Waals surface area contributed by atoms with Gasteiger partial charge in [0.2, 0.25) is 5.91 Å². The summed E-state index contributed by atoms with van der Waals surface area (Å²) in [5.74, 6) is -3.43. The summed E-state index contributed by atoms with van der Waals surface area (Å²) in [5.41, 5.74) is 0.833. The highest BCUT2D eigenvalue weighted by Crippen LogP contribution is 2.30. The van der Waals surface area contributed by atoms with Crippen LogP contribution in [0, 0.1) is 11.6 Å². The minimum Gasteiger partial charge on any atom is -0.457 e. The molecule has 0 saturated heterocycles. The van der Waals surface area contributed by atoms with Crippen LogP contribution >= 0.6 is 11.8 Å². The summed E-state index contributed by atoms with van der Waals surface area (Å²) in [6.07, 6.45) is 0. The number of nitrogens with one attached hydrogen (secondary N) is 1. The van der Waals surface area contributed by atoms with Gasteiger partial charge in [0.25, 0.3) is 0 Å². The van der Waals surface area contributed by atoms with Crippen LogP contribution in [-0.2, 0) is 20.9 Å². The van der Waals surface area contributed by atoms with Crippen LogP contribution in [-0.4, -0.2) is 34.8 Å². The molecule has 0 saturated carbocycles. The molecule has 0 fully saturated rings. The molecule has 1 amide bonds. The fraction of sp³-hybridized carbons (Fsp3) is 0.185. The number of rotatable bonds is 9. The maximum atomic E-state index is 14.4. The molecule has 1 atom stereocenters. The zero-order valence-corrected chi connectivity index (χ0v) is 20.8. The van der Waals surface area contributed by atoms with Crippen LogP contribution in [0.4, 0.5) is 13.6 Å². The van der Waals surface area contributed by atoms with Crippen LogP contribution in [0.5, 0.6) is 5.75 Å². The summed E-state index contributed by atoms with van der Waals surface area (Å²) in [6, 6.07) is 15.0. The second-order valence-electron chi connectivity index (χ2n) is 7.92. The number of amides is 1. The van der Waals surface area contributed by atoms with E-state index >= 15 is 0 Å². The summed E-state index contributed by atoms with van der Waals surface area (Å²) in [5, 5.41) is 1.60. The lowest BCUT2D eigenvalue weighted by molar-refractivity contribution is -0.125. The van der Waals surface area contributed by atoms with Crippen LogP contribution in [0.25, 0.3) is 11.1 Å². The van der Waals surface area contributed by atoms with E-state index in [1.54, 1.807) is 24.3 Å². The molecule has 0 bridgehead atoms. The zero-order valence-electron chi connectivity index (χ0n) is 20.0. The second kappa shape index (κ2) is 12.8. The van der Waals surface area contributed by atoms with Gasteiger partial charge in [0, 0.05) is 24.3 Å². The van der Waals surface area contributed by atoms with Crippen molar-refractivity contribution in [1.29, 1.82) is 0 Å². The molecule has 192 valence electrons. The van der Waals surface area contributed by atoms with Crippen molar-refractivity contribution in [2.75, 3.05) is 5.75 Å². The van der Waals surface area contributed by atoms with Crippen molar-refractivity contribution in [3.05, 3.63) is 89.5 Å². The number of esters is 1. The lowest BCUT2D eigenvalue weighted by Crippen LogP contribution is -2.40. The van der Waals surface area contributed by atoms with E-state index in [2.05, 4.69) is 5.32 Å². The molecule has 3 rings (SSSR count). The van der Waals surface area contributed by atoms with Gasteiger partial charge in [-0.15, -0.1) is 0 Å². The average molecular weight is 528 g/mol. The number of Topliss-reactive ketones (excluding diaryl/α,β-unsaturated/α-hetero) is 1. The van der Waals surface area contributed by atoms with Crippen molar-refractivity contribution >= 4 is 34.7 Å². The van der Waals surface area contributed by atoms with Gasteiger partial charge in [0.05, 0.1) is 6.04 Å². The fourth-order valence-corrected chi connectivity index (χ4v) is 4.02. The number of benzene rings is 3. The molecule has 0 aromatic heterocycles. The van der Waals surface area contributed by atoms with Crippen molar-refractivity contribution in [3.63, 3.8) is 0 Å². The summed E-state index contributed by atoms with van der Waals surface area (Å²) < 4.78 is 38.5. The number of hydrogen-bond donors (Lipinski definition) is 1. The Labute approximate surface area is 216 Å². The van der Waals surface area contributed by atoms with Crippen LogP contribution in [0.15, 0.2) is 66.7 Å². The zero-order chi connectivity index (χ0) is 26.9. The van der Waals surface area contributed by atoms with Crippen molar-refractivity contribution in [1.82, 2.24) is 5.32 Å². The molecule has 0 unspecified atom stereocenters. The first-order valence-electron chi connectivity index (χ1n) is 11.1. The maximum absolute atomic E-state index is 14.4. The van der Waals surface area contributed by atoms with Gasteiger partial charge in [0.1, 0.15) is 29.6 Å². The van der Waals surface area contributed by atoms with Gasteiger partial charge in [-0.25, -0.2) is 18.4 Å². The van der Waals surface area contributed by atoms with Crippen LogP contribution in [0.2, 0.25) is 0 Å². The molecule has 3 aromatic rings. The Morgan fingerprint density at radius 2 is 1.68 bits per heavy atom. The third-order valence-electron chi connectivity index (χ3n) is 5.08. The minimum atomic E-state index is -0.894. The third-order valence-corrected chi connectivity index (χ3v) is 5.90. The summed E-state index contributed by atoms with van der Waals surface area (Å²) >= 11 is 0.634. The highest BCUT2D eigenvalue weighted by atomic mass is 32.2. The number of ether oxygens (including phenoxy) is 2. The van der Waals surface area contributed by atoms with Gasteiger partial charge < -0.3 is 14.8 Å². The van der Waals surface area contributed by atoms with Gasteiger partial charge in [-0.05, 0) is 54.1 Å². The van der Waals surface area contributed by atoms with E-state index in [1.165, 1.54) is 38.1 Å². The van der Waals surface area contributed by atoms with E-state index in [9.17, 15) is 28.0 Å². The Kier molecular flexibility index (Phi) is 9.51. The molecular weight excluding hydrogens is 504 g/mol. The van der Waals surface area contributed by atoms with E-state index in [-0.39, 0.29) is 40.6 Å². The molecule has 10 heteroatoms. The van der Waals surface area contributed by atoms with E-state index in [0.29, 0.717) is 17.8 Å². The molecule has 3 aromatic carbocycles. The molecular formula is C27H23F2NO6S. The highest BCUT2D eigenvalue weighted by molar-refractivity contribution is 8.13. The SMILES string of the molecule is CC(=O)N[C@@H](CSC(=O)Oc1ccc(-c2ccc(F)cc2F)cc1C(=O)OCc1ccccc1)C(C)=O. The van der Waals surface area contributed by atoms with Gasteiger partial charge in [-0.3, -0.25) is 9.59 Å². The smallest absolute Gasteiger partial charge is 0.372 e. The molecule has 0 aliphatic carbocycles. The first-order chi connectivity index (χ1) is 17.6. The molecule has 0 aliphatic rings. The highest BCUT2D eigenvalue weighted by Gasteiger charge is 2.22. The third kappa shape index (κ3) is 7.97. The van der Waals surface area contributed by atoms with E-state index in [4.69, 9.17) is 9.47 Å². The first kappa shape index (κ1) is 27.5. The van der Waals surface area contributed by atoms with Crippen LogP contribution in [0.3, 0.4) is 0 Å². The van der Waals surface area contributed by atoms with E-state index < -0.39 is 34.9 Å². The first-order valence-corrected chi connectivity index (χ1v) is 12.0. The lowest BCUT2D eigenvalue weighted by Gasteiger charge is -2.15. The monoisotopic (exact) mass is 527 g/mol. The van der Waals surface area contributed by atoms with Gasteiger partial charge >= 0.3 is 11.3 Å². The summed E-state index contributed by atoms with van der Waals surface area (Å²) in [4.78, 5) is 48.4. The Balaban J connectivity index is 1.84. The van der Waals surface area contributed by atoms with Gasteiger partial charge in [-0.1, -0.05) is 36.4 Å². The predicted octanol–water partition coefficient (Wildman–Crippen LogP) is 5.31. The molecule has 0 aliphatic heterocycles. The van der Waals surface area contributed by atoms with Crippen LogP contribution in [0.1, 0.15) is 29.8 Å². The lowest BCUT2D eigenvalue weighted by atomic mass is 10.0. The van der Waals surface area contributed by atoms with Crippen molar-refractivity contribution in [3.8, 4) is 16.9 Å². The number of carbonyl (C=O) groups excluding carboxylic acids is 4. The van der Waals surface area contributed by atoms with Crippen molar-refractivity contribution in [2.45, 2.75) is 26.5 Å². The Hall–Kier alpha value is -4.05. The number of carbonyl (C=O) groups is 4. The molecule has 0 spiro atoms. The average Bonchev–Trinajstić information content (AvgIpc) is 2.85. The molecule has 0 radical (unpaired) electrons. The molecule has 37 heavy (non-hydrogen) atoms. The topological polar surface area (TPSA) is 98.8 Å². The number of thioether (sulfide) groups is 1. The fourth-order valence-electron chi connectivity index (χ4n) is 3.25. The van der Waals surface area contributed by atoms with E-state index in [1.807, 2.05) is 6.07 Å². The molecule has 1 N–H and O–H groups in total. The number of hydrogen-bond acceptors (Lipinski definition) is 7. The summed E-state index contributed by atoms with van der Waals surface area (Å²) in [7, 11) is 0. The number of halogens is 2. The van der Waals surface area contributed by atoms with E-state index in [0.717, 1.165) is 11.6 Å². The second-order valence-corrected chi connectivity index (χ2v) is 8.88. The van der Waals surface area contributed by atoms with Gasteiger partial charge in [0.15, 0.2) is 5.78 Å².